The molecule has 2 heteroatoms. The van der Waals surface area contributed by atoms with Crippen molar-refractivity contribution in [1.82, 2.24) is 0 Å². The standard InChI is InChI=1S/C25H30O2/c1-3-5-7-19-8-11-22(12-9-19)25(26)27-24-16-14-21(15-17-24)23-13-10-20(18-23)6-4-2/h3,8-9,11-12,14-17,20,23H,1,4-7,10,13,18H2,2H3. The molecule has 0 aromatic heterocycles. The molecule has 0 N–H and O–H groups in total. The lowest BCUT2D eigenvalue weighted by molar-refractivity contribution is 0.0734. The molecule has 0 aliphatic heterocycles. The number of allylic oxidation sites excluding steroid dienone is 1. The van der Waals surface area contributed by atoms with Gasteiger partial charge in [-0.15, -0.1) is 6.58 Å². The maximum Gasteiger partial charge on any atom is 0.343 e. The molecule has 0 spiro atoms. The van der Waals surface area contributed by atoms with E-state index in [-0.39, 0.29) is 5.97 Å². The van der Waals surface area contributed by atoms with Gasteiger partial charge in [-0.3, -0.25) is 0 Å². The van der Waals surface area contributed by atoms with E-state index in [4.69, 9.17) is 4.74 Å². The van der Waals surface area contributed by atoms with E-state index in [0.717, 1.165) is 18.8 Å². The van der Waals surface area contributed by atoms with Gasteiger partial charge in [-0.1, -0.05) is 50.1 Å². The lowest BCUT2D eigenvalue weighted by Crippen LogP contribution is -2.08. The van der Waals surface area contributed by atoms with Gasteiger partial charge in [0.25, 0.3) is 0 Å². The highest BCUT2D eigenvalue weighted by Crippen LogP contribution is 2.40. The molecule has 0 radical (unpaired) electrons. The number of esters is 1. The normalized spacial score (nSPS) is 19.0. The minimum absolute atomic E-state index is 0.304. The van der Waals surface area contributed by atoms with E-state index in [1.54, 1.807) is 0 Å². The average Bonchev–Trinajstić information content (AvgIpc) is 3.16. The average molecular weight is 363 g/mol. The molecule has 2 unspecified atom stereocenters. The number of carbonyl (C=O) groups is 1. The van der Waals surface area contributed by atoms with Crippen LogP contribution in [-0.4, -0.2) is 5.97 Å². The molecule has 3 rings (SSSR count). The van der Waals surface area contributed by atoms with Gasteiger partial charge in [0.1, 0.15) is 5.75 Å². The third kappa shape index (κ3) is 5.32. The fraction of sp³-hybridized carbons (Fsp3) is 0.400. The zero-order valence-corrected chi connectivity index (χ0v) is 16.3. The van der Waals surface area contributed by atoms with Crippen molar-refractivity contribution in [2.24, 2.45) is 5.92 Å². The van der Waals surface area contributed by atoms with Crippen molar-refractivity contribution in [3.63, 3.8) is 0 Å². The van der Waals surface area contributed by atoms with E-state index in [1.165, 1.54) is 43.2 Å². The number of ether oxygens (including phenoxy) is 1. The van der Waals surface area contributed by atoms with Crippen LogP contribution in [0.25, 0.3) is 0 Å². The molecule has 0 heterocycles. The van der Waals surface area contributed by atoms with Crippen LogP contribution in [0, 0.1) is 5.92 Å². The Labute approximate surface area is 163 Å². The van der Waals surface area contributed by atoms with Gasteiger partial charge in [-0.25, -0.2) is 4.79 Å². The largest absolute Gasteiger partial charge is 0.423 e. The molecular weight excluding hydrogens is 332 g/mol. The smallest absolute Gasteiger partial charge is 0.343 e. The Morgan fingerprint density at radius 1 is 1.11 bits per heavy atom. The summed E-state index contributed by atoms with van der Waals surface area (Å²) in [6.07, 6.45) is 10.3. The summed E-state index contributed by atoms with van der Waals surface area (Å²) in [7, 11) is 0. The lowest BCUT2D eigenvalue weighted by Gasteiger charge is -2.12. The summed E-state index contributed by atoms with van der Waals surface area (Å²) in [5, 5.41) is 0. The Morgan fingerprint density at radius 2 is 1.85 bits per heavy atom. The Hall–Kier alpha value is -2.35. The minimum Gasteiger partial charge on any atom is -0.423 e. The summed E-state index contributed by atoms with van der Waals surface area (Å²) in [6, 6.07) is 15.7. The highest BCUT2D eigenvalue weighted by Gasteiger charge is 2.25. The van der Waals surface area contributed by atoms with Crippen LogP contribution in [0.2, 0.25) is 0 Å². The third-order valence-electron chi connectivity index (χ3n) is 5.63. The van der Waals surface area contributed by atoms with E-state index in [9.17, 15) is 4.79 Å². The summed E-state index contributed by atoms with van der Waals surface area (Å²) in [5.74, 6) is 1.85. The highest BCUT2D eigenvalue weighted by atomic mass is 16.5. The summed E-state index contributed by atoms with van der Waals surface area (Å²) in [4.78, 5) is 12.4. The molecule has 1 saturated carbocycles. The van der Waals surface area contributed by atoms with E-state index in [0.29, 0.717) is 17.2 Å². The number of aryl methyl sites for hydroxylation is 1. The maximum atomic E-state index is 12.4. The van der Waals surface area contributed by atoms with Crippen molar-refractivity contribution in [2.75, 3.05) is 0 Å². The van der Waals surface area contributed by atoms with Gasteiger partial charge in [0.05, 0.1) is 5.56 Å². The molecule has 142 valence electrons. The SMILES string of the molecule is C=CCCc1ccc(C(=O)Oc2ccc(C3CCC(CCC)C3)cc2)cc1. The molecular formula is C25H30O2. The predicted octanol–water partition coefficient (Wildman–Crippen LogP) is 6.71. The van der Waals surface area contributed by atoms with Crippen LogP contribution >= 0.6 is 0 Å². The van der Waals surface area contributed by atoms with Gasteiger partial charge >= 0.3 is 5.97 Å². The zero-order chi connectivity index (χ0) is 19.1. The molecule has 0 amide bonds. The molecule has 0 saturated heterocycles. The van der Waals surface area contributed by atoms with Crippen molar-refractivity contribution >= 4 is 5.97 Å². The second-order valence-electron chi connectivity index (χ2n) is 7.65. The first kappa shape index (κ1) is 19.4. The first-order valence-corrected chi connectivity index (χ1v) is 10.2. The van der Waals surface area contributed by atoms with Crippen molar-refractivity contribution in [2.45, 2.75) is 57.8 Å². The quantitative estimate of drug-likeness (QED) is 0.296. The van der Waals surface area contributed by atoms with Gasteiger partial charge < -0.3 is 4.74 Å². The van der Waals surface area contributed by atoms with Gasteiger partial charge in [0.15, 0.2) is 0 Å². The van der Waals surface area contributed by atoms with Gasteiger partial charge in [0, 0.05) is 0 Å². The van der Waals surface area contributed by atoms with Crippen LogP contribution in [-0.2, 0) is 6.42 Å². The summed E-state index contributed by atoms with van der Waals surface area (Å²) >= 11 is 0. The molecule has 2 nitrogen and oxygen atoms in total. The minimum atomic E-state index is -0.304. The fourth-order valence-electron chi connectivity index (χ4n) is 4.10. The Bertz CT molecular complexity index is 743. The summed E-state index contributed by atoms with van der Waals surface area (Å²) in [5.41, 5.74) is 3.16. The van der Waals surface area contributed by atoms with Crippen molar-refractivity contribution in [3.05, 3.63) is 77.9 Å². The van der Waals surface area contributed by atoms with E-state index in [1.807, 2.05) is 42.5 Å². The van der Waals surface area contributed by atoms with Crippen molar-refractivity contribution in [3.8, 4) is 5.75 Å². The molecule has 2 aromatic rings. The number of carbonyl (C=O) groups excluding carboxylic acids is 1. The second-order valence-corrected chi connectivity index (χ2v) is 7.65. The van der Waals surface area contributed by atoms with Crippen LogP contribution in [0.15, 0.2) is 61.2 Å². The van der Waals surface area contributed by atoms with Gasteiger partial charge in [0.2, 0.25) is 0 Å². The van der Waals surface area contributed by atoms with Crippen LogP contribution < -0.4 is 4.74 Å². The Morgan fingerprint density at radius 3 is 2.52 bits per heavy atom. The zero-order valence-electron chi connectivity index (χ0n) is 16.3. The van der Waals surface area contributed by atoms with Crippen LogP contribution in [0.4, 0.5) is 0 Å². The highest BCUT2D eigenvalue weighted by molar-refractivity contribution is 5.91. The van der Waals surface area contributed by atoms with Crippen LogP contribution in [0.5, 0.6) is 5.75 Å². The van der Waals surface area contributed by atoms with E-state index >= 15 is 0 Å². The molecule has 27 heavy (non-hydrogen) atoms. The lowest BCUT2D eigenvalue weighted by atomic mass is 9.95. The summed E-state index contributed by atoms with van der Waals surface area (Å²) in [6.45, 7) is 6.01. The number of hydrogen-bond donors (Lipinski definition) is 0. The monoisotopic (exact) mass is 362 g/mol. The van der Waals surface area contributed by atoms with Crippen molar-refractivity contribution in [1.29, 1.82) is 0 Å². The van der Waals surface area contributed by atoms with Crippen LogP contribution in [0.3, 0.4) is 0 Å². The Balaban J connectivity index is 1.56. The first-order chi connectivity index (χ1) is 13.2. The molecule has 0 bridgehead atoms. The first-order valence-electron chi connectivity index (χ1n) is 10.2. The van der Waals surface area contributed by atoms with Gasteiger partial charge in [-0.2, -0.15) is 0 Å². The third-order valence-corrected chi connectivity index (χ3v) is 5.63. The molecule has 2 aromatic carbocycles. The molecule has 1 aliphatic rings. The summed E-state index contributed by atoms with van der Waals surface area (Å²) < 4.78 is 5.54. The number of hydrogen-bond acceptors (Lipinski definition) is 2. The molecule has 2 atom stereocenters. The number of rotatable bonds is 8. The number of benzene rings is 2. The second kappa shape index (κ2) is 9.55. The predicted molar refractivity (Wildman–Crippen MR) is 111 cm³/mol. The fourth-order valence-corrected chi connectivity index (χ4v) is 4.10. The van der Waals surface area contributed by atoms with E-state index in [2.05, 4.69) is 25.6 Å². The van der Waals surface area contributed by atoms with E-state index < -0.39 is 0 Å². The topological polar surface area (TPSA) is 26.3 Å². The molecule has 1 fully saturated rings. The molecule has 1 aliphatic carbocycles. The van der Waals surface area contributed by atoms with Crippen LogP contribution in [0.1, 0.15) is 72.9 Å². The Kier molecular flexibility index (Phi) is 6.86. The van der Waals surface area contributed by atoms with Crippen molar-refractivity contribution < 1.29 is 9.53 Å². The maximum absolute atomic E-state index is 12.4. The van der Waals surface area contributed by atoms with Gasteiger partial charge in [-0.05, 0) is 79.3 Å².